The van der Waals surface area contributed by atoms with Crippen molar-refractivity contribution in [1.82, 2.24) is 4.98 Å². The summed E-state index contributed by atoms with van der Waals surface area (Å²) in [5, 5.41) is 1.06. The van der Waals surface area contributed by atoms with E-state index in [9.17, 15) is 9.59 Å². The lowest BCUT2D eigenvalue weighted by Crippen LogP contribution is -2.25. The van der Waals surface area contributed by atoms with Crippen LogP contribution in [0, 0.1) is 0 Å². The highest BCUT2D eigenvalue weighted by atomic mass is 35.5. The lowest BCUT2D eigenvalue weighted by atomic mass is 10.0. The Morgan fingerprint density at radius 1 is 1.32 bits per heavy atom. The first-order valence-electron chi connectivity index (χ1n) is 6.61. The van der Waals surface area contributed by atoms with E-state index >= 15 is 0 Å². The first-order chi connectivity index (χ1) is 10.5. The maximum absolute atomic E-state index is 12.3. The van der Waals surface area contributed by atoms with Crippen LogP contribution in [0.25, 0.3) is 10.9 Å². The lowest BCUT2D eigenvalue weighted by Gasteiger charge is -2.18. The number of nitrogens with one attached hydrogen (secondary N) is 1. The van der Waals surface area contributed by atoms with Crippen molar-refractivity contribution in [2.75, 3.05) is 20.8 Å². The van der Waals surface area contributed by atoms with Crippen LogP contribution in [0.1, 0.15) is 29.1 Å². The second-order valence-electron chi connectivity index (χ2n) is 4.46. The molecule has 2 rings (SSSR count). The number of pyridine rings is 1. The second-order valence-corrected chi connectivity index (χ2v) is 4.89. The summed E-state index contributed by atoms with van der Waals surface area (Å²) >= 11 is 5.95. The molecule has 22 heavy (non-hydrogen) atoms. The predicted molar refractivity (Wildman–Crippen MR) is 82.3 cm³/mol. The van der Waals surface area contributed by atoms with Gasteiger partial charge in [-0.3, -0.25) is 4.79 Å². The number of hydrogen-bond acceptors (Lipinski definition) is 5. The van der Waals surface area contributed by atoms with Gasteiger partial charge in [0.2, 0.25) is 0 Å². The zero-order chi connectivity index (χ0) is 16.3. The van der Waals surface area contributed by atoms with E-state index in [0.29, 0.717) is 21.5 Å². The molecule has 0 aliphatic heterocycles. The number of carbonyl (C=O) groups is 1. The van der Waals surface area contributed by atoms with Crippen molar-refractivity contribution in [3.63, 3.8) is 0 Å². The van der Waals surface area contributed by atoms with Crippen molar-refractivity contribution < 1.29 is 19.0 Å². The number of esters is 1. The molecule has 0 spiro atoms. The third-order valence-corrected chi connectivity index (χ3v) is 3.39. The van der Waals surface area contributed by atoms with Crippen molar-refractivity contribution >= 4 is 28.5 Å². The minimum atomic E-state index is -0.884. The molecule has 1 aromatic carbocycles. The number of hydrogen-bond donors (Lipinski definition) is 1. The van der Waals surface area contributed by atoms with E-state index in [0.717, 1.165) is 0 Å². The molecular formula is C15H16ClNO5. The monoisotopic (exact) mass is 325 g/mol. The molecule has 2 aromatic rings. The Morgan fingerprint density at radius 3 is 2.59 bits per heavy atom. The van der Waals surface area contributed by atoms with Gasteiger partial charge in [-0.2, -0.15) is 0 Å². The van der Waals surface area contributed by atoms with Crippen LogP contribution >= 0.6 is 11.6 Å². The van der Waals surface area contributed by atoms with E-state index in [1.165, 1.54) is 14.2 Å². The Balaban J connectivity index is 2.84. The first kappa shape index (κ1) is 16.5. The normalized spacial score (nSPS) is 11.1. The summed E-state index contributed by atoms with van der Waals surface area (Å²) in [6.07, 6.45) is -0.884. The molecule has 0 radical (unpaired) electrons. The van der Waals surface area contributed by atoms with Gasteiger partial charge in [-0.05, 0) is 19.1 Å². The molecule has 0 atom stereocenters. The van der Waals surface area contributed by atoms with Crippen LogP contribution in [-0.2, 0) is 14.2 Å². The maximum atomic E-state index is 12.3. The van der Waals surface area contributed by atoms with Gasteiger partial charge in [0.25, 0.3) is 5.56 Å². The summed E-state index contributed by atoms with van der Waals surface area (Å²) in [5.74, 6) is -0.727. The Kier molecular flexibility index (Phi) is 5.18. The van der Waals surface area contributed by atoms with Crippen molar-refractivity contribution in [3.05, 3.63) is 44.7 Å². The minimum absolute atomic E-state index is 0.134. The molecule has 1 aromatic heterocycles. The van der Waals surface area contributed by atoms with Crippen LogP contribution in [0.3, 0.4) is 0 Å². The summed E-state index contributed by atoms with van der Waals surface area (Å²) in [6.45, 7) is 1.82. The highest BCUT2D eigenvalue weighted by Gasteiger charge is 2.26. The average molecular weight is 326 g/mol. The van der Waals surface area contributed by atoms with E-state index in [-0.39, 0.29) is 12.2 Å². The van der Waals surface area contributed by atoms with Crippen molar-refractivity contribution in [2.45, 2.75) is 13.2 Å². The van der Waals surface area contributed by atoms with E-state index < -0.39 is 17.8 Å². The molecule has 118 valence electrons. The van der Waals surface area contributed by atoms with Gasteiger partial charge in [0.15, 0.2) is 6.29 Å². The number of methoxy groups -OCH3 is 2. The summed E-state index contributed by atoms with van der Waals surface area (Å²) < 4.78 is 15.4. The van der Waals surface area contributed by atoms with Gasteiger partial charge in [-0.15, -0.1) is 0 Å². The molecule has 7 heteroatoms. The zero-order valence-corrected chi connectivity index (χ0v) is 13.2. The fourth-order valence-corrected chi connectivity index (χ4v) is 2.45. The number of benzene rings is 1. The molecule has 0 unspecified atom stereocenters. The largest absolute Gasteiger partial charge is 0.462 e. The number of aromatic nitrogens is 1. The average Bonchev–Trinajstić information content (AvgIpc) is 2.48. The van der Waals surface area contributed by atoms with Gasteiger partial charge in [0.05, 0.1) is 12.1 Å². The number of fused-ring (bicyclic) bond motifs is 1. The van der Waals surface area contributed by atoms with Crippen LogP contribution in [0.4, 0.5) is 0 Å². The number of aromatic amines is 1. The number of ether oxygens (including phenoxy) is 3. The highest BCUT2D eigenvalue weighted by molar-refractivity contribution is 6.31. The third-order valence-electron chi connectivity index (χ3n) is 3.16. The number of rotatable bonds is 5. The topological polar surface area (TPSA) is 77.6 Å². The highest BCUT2D eigenvalue weighted by Crippen LogP contribution is 2.29. The van der Waals surface area contributed by atoms with E-state index in [1.807, 2.05) is 0 Å². The molecular weight excluding hydrogens is 310 g/mol. The Labute approximate surface area is 131 Å². The van der Waals surface area contributed by atoms with Crippen molar-refractivity contribution in [3.8, 4) is 0 Å². The van der Waals surface area contributed by atoms with Crippen LogP contribution in [-0.4, -0.2) is 31.8 Å². The molecule has 1 heterocycles. The van der Waals surface area contributed by atoms with E-state index in [1.54, 1.807) is 25.1 Å². The Morgan fingerprint density at radius 2 is 2.00 bits per heavy atom. The fraction of sp³-hybridized carbons (Fsp3) is 0.333. The van der Waals surface area contributed by atoms with Gasteiger partial charge in [-0.25, -0.2) is 4.79 Å². The summed E-state index contributed by atoms with van der Waals surface area (Å²) in [5.41, 5.74) is 0.0891. The van der Waals surface area contributed by atoms with Gasteiger partial charge in [0.1, 0.15) is 5.56 Å². The van der Waals surface area contributed by atoms with Gasteiger partial charge >= 0.3 is 5.97 Å². The standard InChI is InChI=1S/C15H16ClNO5/c1-4-22-14(19)12-11(15(20-2)21-3)9-6-5-8(16)7-10(9)17-13(12)18/h5-7,15H,4H2,1-3H3,(H,17,18). The number of H-pyrrole nitrogens is 1. The van der Waals surface area contributed by atoms with Crippen LogP contribution < -0.4 is 5.56 Å². The smallest absolute Gasteiger partial charge is 0.344 e. The Hall–Kier alpha value is -1.89. The van der Waals surface area contributed by atoms with Crippen LogP contribution in [0.15, 0.2) is 23.0 Å². The SMILES string of the molecule is CCOC(=O)c1c(C(OC)OC)c2ccc(Cl)cc2[nH]c1=O. The third kappa shape index (κ3) is 2.99. The van der Waals surface area contributed by atoms with Crippen LogP contribution in [0.5, 0.6) is 0 Å². The molecule has 0 saturated heterocycles. The second kappa shape index (κ2) is 6.91. The zero-order valence-electron chi connectivity index (χ0n) is 12.4. The molecule has 0 aliphatic rings. The fourth-order valence-electron chi connectivity index (χ4n) is 2.28. The molecule has 6 nitrogen and oxygen atoms in total. The molecule has 1 N–H and O–H groups in total. The summed E-state index contributed by atoms with van der Waals surface area (Å²) in [4.78, 5) is 27.1. The van der Waals surface area contributed by atoms with Crippen molar-refractivity contribution in [1.29, 1.82) is 0 Å². The number of carbonyl (C=O) groups excluding carboxylic acids is 1. The van der Waals surface area contributed by atoms with E-state index in [4.69, 9.17) is 25.8 Å². The molecule has 0 amide bonds. The molecule has 0 bridgehead atoms. The first-order valence-corrected chi connectivity index (χ1v) is 6.99. The molecule has 0 saturated carbocycles. The minimum Gasteiger partial charge on any atom is -0.462 e. The molecule has 0 aliphatic carbocycles. The Bertz CT molecular complexity index is 751. The van der Waals surface area contributed by atoms with Gasteiger partial charge in [-0.1, -0.05) is 17.7 Å². The predicted octanol–water partition coefficient (Wildman–Crippen LogP) is 2.65. The maximum Gasteiger partial charge on any atom is 0.344 e. The number of halogens is 1. The van der Waals surface area contributed by atoms with Gasteiger partial charge in [0, 0.05) is 30.2 Å². The molecule has 0 fully saturated rings. The van der Waals surface area contributed by atoms with Gasteiger partial charge < -0.3 is 19.2 Å². The van der Waals surface area contributed by atoms with Crippen molar-refractivity contribution in [2.24, 2.45) is 0 Å². The lowest BCUT2D eigenvalue weighted by molar-refractivity contribution is -0.105. The van der Waals surface area contributed by atoms with Crippen LogP contribution in [0.2, 0.25) is 5.02 Å². The quantitative estimate of drug-likeness (QED) is 0.675. The van der Waals surface area contributed by atoms with E-state index in [2.05, 4.69) is 4.98 Å². The summed E-state index contributed by atoms with van der Waals surface area (Å²) in [6, 6.07) is 4.94. The summed E-state index contributed by atoms with van der Waals surface area (Å²) in [7, 11) is 2.85.